The number of aromatic nitrogens is 2. The summed E-state index contributed by atoms with van der Waals surface area (Å²) in [7, 11) is 0. The Kier molecular flexibility index (Phi) is 7.95. The number of alkyl halides is 3. The molecule has 12 heteroatoms. The summed E-state index contributed by atoms with van der Waals surface area (Å²) in [5.74, 6) is -1.93. The van der Waals surface area contributed by atoms with E-state index in [2.05, 4.69) is 27.0 Å². The number of amides is 1. The Hall–Kier alpha value is -4.32. The predicted molar refractivity (Wildman–Crippen MR) is 140 cm³/mol. The minimum Gasteiger partial charge on any atom is -0.475 e. The molecule has 1 aliphatic rings. The zero-order valence-electron chi connectivity index (χ0n) is 21.1. The Balaban J connectivity index is 1.90. The van der Waals surface area contributed by atoms with E-state index in [1.165, 1.54) is 18.2 Å². The Morgan fingerprint density at radius 1 is 1.21 bits per heavy atom. The van der Waals surface area contributed by atoms with E-state index < -0.39 is 29.5 Å². The molecular formula is C27H27F3N6O3. The normalized spacial score (nSPS) is 14.7. The molecular weight excluding hydrogens is 513 g/mol. The van der Waals surface area contributed by atoms with Crippen LogP contribution in [0.25, 0.3) is 11.4 Å². The van der Waals surface area contributed by atoms with Gasteiger partial charge in [-0.1, -0.05) is 30.3 Å². The number of hydrogen-bond donors (Lipinski definition) is 3. The number of carbonyl (C=O) groups excluding carboxylic acids is 1. The monoisotopic (exact) mass is 540 g/mol. The fourth-order valence-electron chi connectivity index (χ4n) is 4.26. The van der Waals surface area contributed by atoms with E-state index in [0.29, 0.717) is 22.7 Å². The van der Waals surface area contributed by atoms with Gasteiger partial charge in [0, 0.05) is 24.7 Å². The van der Waals surface area contributed by atoms with Crippen molar-refractivity contribution < 1.29 is 27.9 Å². The number of aliphatic imine (C=N–C) groups is 2. The predicted octanol–water partition coefficient (Wildman–Crippen LogP) is 4.42. The van der Waals surface area contributed by atoms with Gasteiger partial charge in [-0.3, -0.25) is 4.79 Å². The Labute approximate surface area is 222 Å². The average Bonchev–Trinajstić information content (AvgIpc) is 3.69. The second kappa shape index (κ2) is 11.2. The molecule has 204 valence electrons. The first-order valence-electron chi connectivity index (χ1n) is 12.2. The molecule has 0 saturated heterocycles. The third kappa shape index (κ3) is 6.40. The zero-order chi connectivity index (χ0) is 28.3. The van der Waals surface area contributed by atoms with Crippen LogP contribution >= 0.6 is 0 Å². The molecule has 0 unspecified atom stereocenters. The summed E-state index contributed by atoms with van der Waals surface area (Å²) in [5, 5.41) is 12.9. The molecule has 1 amide bonds. The van der Waals surface area contributed by atoms with Gasteiger partial charge in [0.25, 0.3) is 0 Å². The maximum Gasteiger partial charge on any atom is 0.416 e. The maximum atomic E-state index is 13.1. The standard InChI is InChI=1S/C27H27F3N6O3/c1-15(17-9-10-17)33-13-21-23(34-24(32-2)26(38)39)35-25(20-6-4-3-5-19(20)22(31)37)36(21)14-16-7-11-18(12-8-16)27(28,29)30/h3-8,11-12,15,17,33H,2,9-10,13-14H2,1H3,(H2,31,37)(H,38,39)/b34-24-/t15-/m1/s1. The highest BCUT2D eigenvalue weighted by molar-refractivity contribution is 6.36. The van der Waals surface area contributed by atoms with Crippen LogP contribution in [0.5, 0.6) is 0 Å². The van der Waals surface area contributed by atoms with Crippen molar-refractivity contribution in [2.75, 3.05) is 0 Å². The van der Waals surface area contributed by atoms with E-state index in [1.807, 2.05) is 6.92 Å². The van der Waals surface area contributed by atoms with Crippen LogP contribution in [0, 0.1) is 5.92 Å². The number of amidine groups is 1. The third-order valence-electron chi connectivity index (χ3n) is 6.58. The topological polar surface area (TPSA) is 135 Å². The number of nitrogens with two attached hydrogens (primary N) is 1. The number of rotatable bonds is 9. The number of carboxylic acid groups (broad SMARTS) is 1. The summed E-state index contributed by atoms with van der Waals surface area (Å²) in [4.78, 5) is 36.1. The molecule has 1 atom stereocenters. The van der Waals surface area contributed by atoms with Crippen LogP contribution in [0.1, 0.15) is 46.9 Å². The number of carboxylic acids is 1. The zero-order valence-corrected chi connectivity index (χ0v) is 21.1. The summed E-state index contributed by atoms with van der Waals surface area (Å²) in [6, 6.07) is 11.3. The van der Waals surface area contributed by atoms with Crippen molar-refractivity contribution in [1.82, 2.24) is 14.9 Å². The quantitative estimate of drug-likeness (QED) is 0.273. The SMILES string of the molecule is C=N/C(=N\c1nc(-c2ccccc2C(N)=O)n(Cc2ccc(C(F)(F)F)cc2)c1CN[C@H](C)C1CC1)C(=O)O. The van der Waals surface area contributed by atoms with Gasteiger partial charge in [0.15, 0.2) is 5.82 Å². The lowest BCUT2D eigenvalue weighted by atomic mass is 10.1. The van der Waals surface area contributed by atoms with E-state index in [-0.39, 0.29) is 36.3 Å². The van der Waals surface area contributed by atoms with Crippen LogP contribution in [-0.4, -0.2) is 45.1 Å². The van der Waals surface area contributed by atoms with Gasteiger partial charge >= 0.3 is 12.1 Å². The van der Waals surface area contributed by atoms with Crippen molar-refractivity contribution in [3.8, 4) is 11.4 Å². The fourth-order valence-corrected chi connectivity index (χ4v) is 4.26. The smallest absolute Gasteiger partial charge is 0.416 e. The lowest BCUT2D eigenvalue weighted by Crippen LogP contribution is -2.28. The lowest BCUT2D eigenvalue weighted by molar-refractivity contribution is -0.137. The molecule has 39 heavy (non-hydrogen) atoms. The minimum atomic E-state index is -4.49. The molecule has 1 aliphatic carbocycles. The largest absolute Gasteiger partial charge is 0.475 e. The molecule has 0 spiro atoms. The first-order valence-corrected chi connectivity index (χ1v) is 12.2. The van der Waals surface area contributed by atoms with Crippen molar-refractivity contribution in [3.63, 3.8) is 0 Å². The summed E-state index contributed by atoms with van der Waals surface area (Å²) in [5.41, 5.74) is 6.33. The van der Waals surface area contributed by atoms with E-state index in [4.69, 9.17) is 5.73 Å². The van der Waals surface area contributed by atoms with Gasteiger partial charge in [0.2, 0.25) is 11.7 Å². The molecule has 9 nitrogen and oxygen atoms in total. The van der Waals surface area contributed by atoms with Gasteiger partial charge in [-0.05, 0) is 56.2 Å². The molecule has 1 heterocycles. The van der Waals surface area contributed by atoms with Crippen LogP contribution in [0.2, 0.25) is 0 Å². The highest BCUT2D eigenvalue weighted by Gasteiger charge is 2.31. The Morgan fingerprint density at radius 3 is 2.44 bits per heavy atom. The molecule has 1 aromatic heterocycles. The molecule has 1 fully saturated rings. The second-order valence-electron chi connectivity index (χ2n) is 9.30. The molecule has 0 radical (unpaired) electrons. The Morgan fingerprint density at radius 2 is 1.87 bits per heavy atom. The van der Waals surface area contributed by atoms with E-state index in [0.717, 1.165) is 25.0 Å². The van der Waals surface area contributed by atoms with Crippen LogP contribution in [0.15, 0.2) is 58.5 Å². The summed E-state index contributed by atoms with van der Waals surface area (Å²) in [6.45, 7) is 5.58. The van der Waals surface area contributed by atoms with Crippen molar-refractivity contribution in [1.29, 1.82) is 0 Å². The van der Waals surface area contributed by atoms with Gasteiger partial charge < -0.3 is 20.7 Å². The van der Waals surface area contributed by atoms with Crippen molar-refractivity contribution >= 4 is 30.2 Å². The fraction of sp³-hybridized carbons (Fsp3) is 0.296. The van der Waals surface area contributed by atoms with Crippen LogP contribution in [-0.2, 0) is 24.1 Å². The number of aliphatic carboxylic acids is 1. The van der Waals surface area contributed by atoms with Crippen molar-refractivity contribution in [3.05, 3.63) is 70.9 Å². The molecule has 1 saturated carbocycles. The maximum absolute atomic E-state index is 13.1. The molecule has 3 aromatic rings. The lowest BCUT2D eigenvalue weighted by Gasteiger charge is -2.17. The molecule has 0 aliphatic heterocycles. The Bertz CT molecular complexity index is 1430. The minimum absolute atomic E-state index is 0.0245. The van der Waals surface area contributed by atoms with E-state index >= 15 is 0 Å². The first kappa shape index (κ1) is 27.7. The number of benzene rings is 2. The highest BCUT2D eigenvalue weighted by Crippen LogP contribution is 2.35. The number of carbonyl (C=O) groups is 2. The van der Waals surface area contributed by atoms with Crippen molar-refractivity contribution in [2.24, 2.45) is 21.6 Å². The number of nitrogens with zero attached hydrogens (tertiary/aromatic N) is 4. The van der Waals surface area contributed by atoms with E-state index in [9.17, 15) is 27.9 Å². The summed E-state index contributed by atoms with van der Waals surface area (Å²) < 4.78 is 41.1. The highest BCUT2D eigenvalue weighted by atomic mass is 19.4. The van der Waals surface area contributed by atoms with Crippen LogP contribution in [0.3, 0.4) is 0 Å². The van der Waals surface area contributed by atoms with Gasteiger partial charge in [0.1, 0.15) is 5.82 Å². The first-order chi connectivity index (χ1) is 18.5. The number of halogens is 3. The van der Waals surface area contributed by atoms with Crippen molar-refractivity contribution in [2.45, 2.75) is 45.1 Å². The summed E-state index contributed by atoms with van der Waals surface area (Å²) in [6.07, 6.45) is -2.31. The number of nitrogens with one attached hydrogen (secondary N) is 1. The van der Waals surface area contributed by atoms with Gasteiger partial charge in [0.05, 0.1) is 16.8 Å². The second-order valence-corrected chi connectivity index (χ2v) is 9.30. The molecule has 0 bridgehead atoms. The number of primary amides is 1. The molecule has 4 N–H and O–H groups in total. The third-order valence-corrected chi connectivity index (χ3v) is 6.58. The number of hydrogen-bond acceptors (Lipinski definition) is 5. The molecule has 4 rings (SSSR count). The summed E-state index contributed by atoms with van der Waals surface area (Å²) >= 11 is 0. The van der Waals surface area contributed by atoms with Gasteiger partial charge in [-0.25, -0.2) is 19.8 Å². The number of imidazole rings is 1. The van der Waals surface area contributed by atoms with Crippen LogP contribution < -0.4 is 11.1 Å². The average molecular weight is 541 g/mol. The van der Waals surface area contributed by atoms with Gasteiger partial charge in [-0.2, -0.15) is 13.2 Å². The van der Waals surface area contributed by atoms with Crippen LogP contribution in [0.4, 0.5) is 19.0 Å². The van der Waals surface area contributed by atoms with E-state index in [1.54, 1.807) is 22.8 Å². The molecule has 2 aromatic carbocycles. The van der Waals surface area contributed by atoms with Gasteiger partial charge in [-0.15, -0.1) is 0 Å².